The zero-order valence-electron chi connectivity index (χ0n) is 7.97. The number of ketones is 1. The van der Waals surface area contributed by atoms with Crippen LogP contribution in [0.15, 0.2) is 0 Å². The average molecular weight is 170 g/mol. The number of nitrogens with zero attached hydrogens (tertiary/aromatic N) is 1. The minimum Gasteiger partial charge on any atom is -0.314 e. The van der Waals surface area contributed by atoms with Gasteiger partial charge in [-0.1, -0.05) is 6.92 Å². The van der Waals surface area contributed by atoms with Crippen molar-refractivity contribution in [2.24, 2.45) is 5.92 Å². The van der Waals surface area contributed by atoms with Gasteiger partial charge >= 0.3 is 0 Å². The Bertz CT molecular complexity index is 153. The smallest absolute Gasteiger partial charge is 0.133 e. The van der Waals surface area contributed by atoms with E-state index in [0.29, 0.717) is 5.78 Å². The first-order chi connectivity index (χ1) is 5.70. The topological polar surface area (TPSA) is 32.3 Å². The predicted molar refractivity (Wildman–Crippen MR) is 49.2 cm³/mol. The molecular weight excluding hydrogens is 152 g/mol. The number of Topliss-reactive ketones (excluding diaryl/α,β-unsaturated/α-hetero) is 1. The van der Waals surface area contributed by atoms with Crippen LogP contribution in [0.2, 0.25) is 0 Å². The van der Waals surface area contributed by atoms with E-state index in [2.05, 4.69) is 10.2 Å². The second-order valence-corrected chi connectivity index (χ2v) is 3.56. The zero-order valence-corrected chi connectivity index (χ0v) is 7.97. The van der Waals surface area contributed by atoms with Gasteiger partial charge in [-0.2, -0.15) is 0 Å². The molecule has 0 aromatic rings. The maximum Gasteiger partial charge on any atom is 0.133 e. The summed E-state index contributed by atoms with van der Waals surface area (Å²) in [5.74, 6) is 0.497. The van der Waals surface area contributed by atoms with Crippen LogP contribution < -0.4 is 5.32 Å². The van der Waals surface area contributed by atoms with E-state index >= 15 is 0 Å². The lowest BCUT2D eigenvalue weighted by Crippen LogP contribution is -2.45. The van der Waals surface area contributed by atoms with Gasteiger partial charge in [-0.25, -0.2) is 0 Å². The Hall–Kier alpha value is -0.410. The van der Waals surface area contributed by atoms with Gasteiger partial charge < -0.3 is 10.2 Å². The van der Waals surface area contributed by atoms with Gasteiger partial charge in [0.2, 0.25) is 0 Å². The summed E-state index contributed by atoms with van der Waals surface area (Å²) in [6, 6.07) is 0. The summed E-state index contributed by atoms with van der Waals surface area (Å²) in [5.41, 5.74) is 0. The van der Waals surface area contributed by atoms with Crippen LogP contribution in [0.25, 0.3) is 0 Å². The van der Waals surface area contributed by atoms with Gasteiger partial charge in [0.1, 0.15) is 5.78 Å². The number of hydrogen-bond acceptors (Lipinski definition) is 3. The fourth-order valence-electron chi connectivity index (χ4n) is 1.41. The van der Waals surface area contributed by atoms with Gasteiger partial charge in [0.25, 0.3) is 0 Å². The number of hydrogen-bond donors (Lipinski definition) is 1. The Balaban J connectivity index is 2.24. The summed E-state index contributed by atoms with van der Waals surface area (Å²) in [5, 5.41) is 3.29. The van der Waals surface area contributed by atoms with Crippen molar-refractivity contribution in [3.05, 3.63) is 0 Å². The molecule has 0 aromatic heterocycles. The predicted octanol–water partition coefficient (Wildman–Crippen LogP) is 0.117. The molecule has 0 aromatic carbocycles. The summed E-state index contributed by atoms with van der Waals surface area (Å²) < 4.78 is 0. The molecule has 1 atom stereocenters. The normalized spacial score (nSPS) is 22.2. The van der Waals surface area contributed by atoms with E-state index in [9.17, 15) is 4.79 Å². The van der Waals surface area contributed by atoms with Crippen molar-refractivity contribution >= 4 is 5.78 Å². The molecule has 0 bridgehead atoms. The maximum atomic E-state index is 11.0. The Morgan fingerprint density at radius 2 is 2.08 bits per heavy atom. The van der Waals surface area contributed by atoms with Gasteiger partial charge in [0, 0.05) is 38.6 Å². The number of carbonyl (C=O) groups excluding carboxylic acids is 1. The second-order valence-electron chi connectivity index (χ2n) is 3.56. The van der Waals surface area contributed by atoms with Gasteiger partial charge in [-0.3, -0.25) is 4.79 Å². The van der Waals surface area contributed by atoms with Gasteiger partial charge in [-0.05, 0) is 6.92 Å². The standard InChI is InChI=1S/C9H18N2O/c1-8(9(2)12)7-11-5-3-10-4-6-11/h8,10H,3-7H2,1-2H3. The third kappa shape index (κ3) is 2.91. The van der Waals surface area contributed by atoms with Crippen molar-refractivity contribution in [3.63, 3.8) is 0 Å². The van der Waals surface area contributed by atoms with E-state index in [4.69, 9.17) is 0 Å². The van der Waals surface area contributed by atoms with E-state index in [1.54, 1.807) is 6.92 Å². The molecule has 1 saturated heterocycles. The number of rotatable bonds is 3. The molecule has 0 amide bonds. The number of nitrogens with one attached hydrogen (secondary N) is 1. The minimum atomic E-state index is 0.197. The Morgan fingerprint density at radius 3 is 2.58 bits per heavy atom. The van der Waals surface area contributed by atoms with Crippen molar-refractivity contribution in [2.75, 3.05) is 32.7 Å². The second kappa shape index (κ2) is 4.58. The van der Waals surface area contributed by atoms with E-state index in [0.717, 1.165) is 32.7 Å². The molecule has 0 spiro atoms. The van der Waals surface area contributed by atoms with Crippen LogP contribution in [0.4, 0.5) is 0 Å². The number of piperazine rings is 1. The summed E-state index contributed by atoms with van der Waals surface area (Å²) in [7, 11) is 0. The molecule has 12 heavy (non-hydrogen) atoms. The molecule has 0 aliphatic carbocycles. The van der Waals surface area contributed by atoms with Crippen LogP contribution in [-0.4, -0.2) is 43.4 Å². The molecule has 0 radical (unpaired) electrons. The molecule has 1 aliphatic rings. The van der Waals surface area contributed by atoms with Crippen LogP contribution in [-0.2, 0) is 4.79 Å². The Morgan fingerprint density at radius 1 is 1.50 bits per heavy atom. The van der Waals surface area contributed by atoms with Crippen molar-refractivity contribution < 1.29 is 4.79 Å². The molecule has 1 N–H and O–H groups in total. The highest BCUT2D eigenvalue weighted by Gasteiger charge is 2.15. The summed E-state index contributed by atoms with van der Waals surface area (Å²) in [6.45, 7) is 8.89. The quantitative estimate of drug-likeness (QED) is 0.653. The van der Waals surface area contributed by atoms with Crippen molar-refractivity contribution in [2.45, 2.75) is 13.8 Å². The SMILES string of the molecule is CC(=O)C(C)CN1CCNCC1. The van der Waals surface area contributed by atoms with E-state index in [1.165, 1.54) is 0 Å². The first kappa shape index (κ1) is 9.68. The largest absolute Gasteiger partial charge is 0.314 e. The third-order valence-corrected chi connectivity index (χ3v) is 2.44. The van der Waals surface area contributed by atoms with Crippen molar-refractivity contribution in [1.29, 1.82) is 0 Å². The lowest BCUT2D eigenvalue weighted by Gasteiger charge is -2.28. The molecule has 1 heterocycles. The maximum absolute atomic E-state index is 11.0. The highest BCUT2D eigenvalue weighted by molar-refractivity contribution is 5.78. The molecule has 3 heteroatoms. The van der Waals surface area contributed by atoms with Crippen LogP contribution in [0.1, 0.15) is 13.8 Å². The first-order valence-electron chi connectivity index (χ1n) is 4.63. The number of carbonyl (C=O) groups is 1. The Labute approximate surface area is 74.1 Å². The van der Waals surface area contributed by atoms with Gasteiger partial charge in [-0.15, -0.1) is 0 Å². The Kier molecular flexibility index (Phi) is 3.69. The molecule has 1 aliphatic heterocycles. The van der Waals surface area contributed by atoms with Crippen molar-refractivity contribution in [1.82, 2.24) is 10.2 Å². The lowest BCUT2D eigenvalue weighted by molar-refractivity contribution is -0.120. The van der Waals surface area contributed by atoms with Crippen molar-refractivity contribution in [3.8, 4) is 0 Å². The minimum absolute atomic E-state index is 0.197. The molecule has 1 rings (SSSR count). The summed E-state index contributed by atoms with van der Waals surface area (Å²) in [6.07, 6.45) is 0. The zero-order chi connectivity index (χ0) is 8.97. The molecule has 70 valence electrons. The molecule has 1 unspecified atom stereocenters. The van der Waals surface area contributed by atoms with E-state index < -0.39 is 0 Å². The van der Waals surface area contributed by atoms with Crippen LogP contribution in [0.3, 0.4) is 0 Å². The highest BCUT2D eigenvalue weighted by Crippen LogP contribution is 2.01. The van der Waals surface area contributed by atoms with Crippen LogP contribution in [0, 0.1) is 5.92 Å². The molecule has 1 fully saturated rings. The molecular formula is C9H18N2O. The highest BCUT2D eigenvalue weighted by atomic mass is 16.1. The monoisotopic (exact) mass is 170 g/mol. The van der Waals surface area contributed by atoms with E-state index in [-0.39, 0.29) is 5.92 Å². The third-order valence-electron chi connectivity index (χ3n) is 2.44. The first-order valence-corrected chi connectivity index (χ1v) is 4.63. The molecule has 0 saturated carbocycles. The van der Waals surface area contributed by atoms with Crippen LogP contribution in [0.5, 0.6) is 0 Å². The summed E-state index contributed by atoms with van der Waals surface area (Å²) in [4.78, 5) is 13.3. The lowest BCUT2D eigenvalue weighted by atomic mass is 10.1. The van der Waals surface area contributed by atoms with Gasteiger partial charge in [0.15, 0.2) is 0 Å². The molecule has 3 nitrogen and oxygen atoms in total. The van der Waals surface area contributed by atoms with E-state index in [1.807, 2.05) is 6.92 Å². The fourth-order valence-corrected chi connectivity index (χ4v) is 1.41. The fraction of sp³-hybridized carbons (Fsp3) is 0.889. The van der Waals surface area contributed by atoms with Crippen LogP contribution >= 0.6 is 0 Å². The average Bonchev–Trinajstić information content (AvgIpc) is 2.06. The summed E-state index contributed by atoms with van der Waals surface area (Å²) >= 11 is 0. The van der Waals surface area contributed by atoms with Gasteiger partial charge in [0.05, 0.1) is 0 Å².